The number of hydrogen-bond donors (Lipinski definition) is 2. The Morgan fingerprint density at radius 1 is 1.30 bits per heavy atom. The standard InChI is InChI=1S/C21H27N5S/c1-15(2)18-13-24-21-20(23-11-16-7-4-3-5-8-16)25-19(14-26(18)21)27-17-9-6-10-22-12-17/h3-5,7-8,13-15,17,22H,6,9-12H2,1-2H3,(H,23,25). The minimum Gasteiger partial charge on any atom is -0.363 e. The highest BCUT2D eigenvalue weighted by Gasteiger charge is 2.18. The predicted molar refractivity (Wildman–Crippen MR) is 113 cm³/mol. The van der Waals surface area contributed by atoms with Crippen LogP contribution in [0.5, 0.6) is 0 Å². The van der Waals surface area contributed by atoms with Crippen LogP contribution in [-0.4, -0.2) is 32.7 Å². The third kappa shape index (κ3) is 4.28. The molecule has 27 heavy (non-hydrogen) atoms. The molecule has 3 heterocycles. The molecule has 0 spiro atoms. The highest BCUT2D eigenvalue weighted by Crippen LogP contribution is 2.30. The third-order valence-corrected chi connectivity index (χ3v) is 6.11. The van der Waals surface area contributed by atoms with E-state index in [-0.39, 0.29) is 0 Å². The molecule has 1 unspecified atom stereocenters. The van der Waals surface area contributed by atoms with Crippen molar-refractivity contribution in [2.45, 2.75) is 49.4 Å². The normalized spacial score (nSPS) is 17.5. The van der Waals surface area contributed by atoms with Crippen molar-refractivity contribution < 1.29 is 0 Å². The van der Waals surface area contributed by atoms with Gasteiger partial charge in [-0.25, -0.2) is 9.97 Å². The molecule has 3 aromatic rings. The molecule has 0 aliphatic carbocycles. The van der Waals surface area contributed by atoms with Gasteiger partial charge in [-0.05, 0) is 30.9 Å². The molecule has 1 saturated heterocycles. The van der Waals surface area contributed by atoms with Crippen molar-refractivity contribution in [2.24, 2.45) is 0 Å². The molecule has 2 N–H and O–H groups in total. The fraction of sp³-hybridized carbons (Fsp3) is 0.429. The highest BCUT2D eigenvalue weighted by atomic mass is 32.2. The van der Waals surface area contributed by atoms with E-state index in [2.05, 4.69) is 64.3 Å². The Kier molecular flexibility index (Phi) is 5.64. The Bertz CT molecular complexity index is 884. The molecule has 1 aliphatic rings. The summed E-state index contributed by atoms with van der Waals surface area (Å²) in [4.78, 5) is 9.58. The molecule has 1 atom stereocenters. The molecule has 1 aliphatic heterocycles. The molecule has 0 saturated carbocycles. The largest absolute Gasteiger partial charge is 0.363 e. The molecule has 0 amide bonds. The van der Waals surface area contributed by atoms with Crippen molar-refractivity contribution in [2.75, 3.05) is 18.4 Å². The molecule has 2 aromatic heterocycles. The number of nitrogens with zero attached hydrogens (tertiary/aromatic N) is 3. The number of nitrogens with one attached hydrogen (secondary N) is 2. The number of thioether (sulfide) groups is 1. The summed E-state index contributed by atoms with van der Waals surface area (Å²) in [6.07, 6.45) is 6.61. The maximum Gasteiger partial charge on any atom is 0.180 e. The van der Waals surface area contributed by atoms with Crippen LogP contribution in [0, 0.1) is 0 Å². The SMILES string of the molecule is CC(C)c1cnc2c(NCc3ccccc3)nc(SC3CCCNC3)cn12. The lowest BCUT2D eigenvalue weighted by Gasteiger charge is -2.22. The van der Waals surface area contributed by atoms with E-state index in [0.29, 0.717) is 11.2 Å². The van der Waals surface area contributed by atoms with Gasteiger partial charge in [-0.1, -0.05) is 44.2 Å². The maximum absolute atomic E-state index is 4.92. The van der Waals surface area contributed by atoms with Gasteiger partial charge in [0.05, 0.1) is 0 Å². The maximum atomic E-state index is 4.92. The molecule has 4 rings (SSSR count). The van der Waals surface area contributed by atoms with Crippen molar-refractivity contribution in [3.63, 3.8) is 0 Å². The summed E-state index contributed by atoms with van der Waals surface area (Å²) in [5, 5.41) is 8.65. The van der Waals surface area contributed by atoms with Gasteiger partial charge in [0.1, 0.15) is 5.03 Å². The van der Waals surface area contributed by atoms with Crippen molar-refractivity contribution >= 4 is 23.2 Å². The Morgan fingerprint density at radius 2 is 2.15 bits per heavy atom. The Labute approximate surface area is 165 Å². The summed E-state index contributed by atoms with van der Waals surface area (Å²) in [6.45, 7) is 7.34. The number of hydrogen-bond acceptors (Lipinski definition) is 5. The molecular formula is C21H27N5S. The fourth-order valence-corrected chi connectivity index (χ4v) is 4.60. The summed E-state index contributed by atoms with van der Waals surface area (Å²) < 4.78 is 2.21. The van der Waals surface area contributed by atoms with Crippen LogP contribution in [0.4, 0.5) is 5.82 Å². The average Bonchev–Trinajstić information content (AvgIpc) is 3.12. The molecule has 5 nitrogen and oxygen atoms in total. The monoisotopic (exact) mass is 381 g/mol. The first-order valence-corrected chi connectivity index (χ1v) is 10.6. The van der Waals surface area contributed by atoms with E-state index in [1.54, 1.807) is 0 Å². The van der Waals surface area contributed by atoms with Crippen LogP contribution in [0.2, 0.25) is 0 Å². The minimum absolute atomic E-state index is 0.415. The third-order valence-electron chi connectivity index (χ3n) is 4.93. The van der Waals surface area contributed by atoms with Crippen LogP contribution < -0.4 is 10.6 Å². The second-order valence-electron chi connectivity index (χ2n) is 7.38. The van der Waals surface area contributed by atoms with Crippen LogP contribution in [-0.2, 0) is 6.54 Å². The molecule has 142 valence electrons. The van der Waals surface area contributed by atoms with Gasteiger partial charge in [0.2, 0.25) is 0 Å². The molecule has 0 bridgehead atoms. The molecule has 1 fully saturated rings. The number of benzene rings is 1. The van der Waals surface area contributed by atoms with Crippen molar-refractivity contribution in [1.82, 2.24) is 19.7 Å². The number of piperidine rings is 1. The smallest absolute Gasteiger partial charge is 0.180 e. The van der Waals surface area contributed by atoms with Gasteiger partial charge in [-0.3, -0.25) is 4.40 Å². The first-order chi connectivity index (χ1) is 13.2. The van der Waals surface area contributed by atoms with Crippen LogP contribution in [0.3, 0.4) is 0 Å². The number of aromatic nitrogens is 3. The Balaban J connectivity index is 1.64. The van der Waals surface area contributed by atoms with E-state index >= 15 is 0 Å². The average molecular weight is 382 g/mol. The van der Waals surface area contributed by atoms with Crippen molar-refractivity contribution in [1.29, 1.82) is 0 Å². The van der Waals surface area contributed by atoms with E-state index in [4.69, 9.17) is 4.98 Å². The van der Waals surface area contributed by atoms with E-state index in [9.17, 15) is 0 Å². The van der Waals surface area contributed by atoms with Crippen LogP contribution in [0.15, 0.2) is 47.8 Å². The lowest BCUT2D eigenvalue weighted by molar-refractivity contribution is 0.531. The molecular weight excluding hydrogens is 354 g/mol. The summed E-state index contributed by atoms with van der Waals surface area (Å²) >= 11 is 1.88. The summed E-state index contributed by atoms with van der Waals surface area (Å²) in [5.74, 6) is 1.28. The molecule has 0 radical (unpaired) electrons. The minimum atomic E-state index is 0.415. The molecule has 6 heteroatoms. The number of anilines is 1. The Morgan fingerprint density at radius 3 is 2.89 bits per heavy atom. The first-order valence-electron chi connectivity index (χ1n) is 9.74. The van der Waals surface area contributed by atoms with E-state index in [1.165, 1.54) is 24.1 Å². The zero-order valence-corrected chi connectivity index (χ0v) is 16.8. The van der Waals surface area contributed by atoms with Crippen molar-refractivity contribution in [3.8, 4) is 0 Å². The van der Waals surface area contributed by atoms with Crippen molar-refractivity contribution in [3.05, 3.63) is 54.0 Å². The fourth-order valence-electron chi connectivity index (χ4n) is 3.46. The summed E-state index contributed by atoms with van der Waals surface area (Å²) in [7, 11) is 0. The quantitative estimate of drug-likeness (QED) is 0.666. The predicted octanol–water partition coefficient (Wildman–Crippen LogP) is 4.31. The molecule has 1 aromatic carbocycles. The van der Waals surface area contributed by atoms with Gasteiger partial charge in [0, 0.05) is 36.4 Å². The number of rotatable bonds is 6. The van der Waals surface area contributed by atoms with Gasteiger partial charge in [0.25, 0.3) is 0 Å². The number of imidazole rings is 1. The van der Waals surface area contributed by atoms with Crippen LogP contribution >= 0.6 is 11.8 Å². The lowest BCUT2D eigenvalue weighted by Crippen LogP contribution is -2.31. The zero-order chi connectivity index (χ0) is 18.6. The lowest BCUT2D eigenvalue weighted by atomic mass is 10.1. The van der Waals surface area contributed by atoms with E-state index < -0.39 is 0 Å². The second kappa shape index (κ2) is 8.31. The van der Waals surface area contributed by atoms with E-state index in [1.807, 2.05) is 24.0 Å². The first kappa shape index (κ1) is 18.3. The zero-order valence-electron chi connectivity index (χ0n) is 16.0. The van der Waals surface area contributed by atoms with E-state index in [0.717, 1.165) is 36.1 Å². The van der Waals surface area contributed by atoms with Gasteiger partial charge in [-0.15, -0.1) is 11.8 Å². The Hall–Kier alpha value is -2.05. The number of fused-ring (bicyclic) bond motifs is 1. The second-order valence-corrected chi connectivity index (χ2v) is 8.71. The van der Waals surface area contributed by atoms with Gasteiger partial charge < -0.3 is 10.6 Å². The topological polar surface area (TPSA) is 54.2 Å². The van der Waals surface area contributed by atoms with Gasteiger partial charge in [0.15, 0.2) is 11.5 Å². The van der Waals surface area contributed by atoms with Crippen LogP contribution in [0.1, 0.15) is 43.9 Å². The van der Waals surface area contributed by atoms with Gasteiger partial charge in [-0.2, -0.15) is 0 Å². The summed E-state index contributed by atoms with van der Waals surface area (Å²) in [5.41, 5.74) is 3.36. The van der Waals surface area contributed by atoms with Crippen LogP contribution in [0.25, 0.3) is 5.65 Å². The van der Waals surface area contributed by atoms with Gasteiger partial charge >= 0.3 is 0 Å². The summed E-state index contributed by atoms with van der Waals surface area (Å²) in [6, 6.07) is 10.4. The highest BCUT2D eigenvalue weighted by molar-refractivity contribution is 7.99.